The molecule has 1 fully saturated rings. The number of nitrogens with one attached hydrogen (secondary N) is 1. The lowest BCUT2D eigenvalue weighted by molar-refractivity contribution is -0.127. The Morgan fingerprint density at radius 1 is 1.38 bits per heavy atom. The van der Waals surface area contributed by atoms with Gasteiger partial charge in [-0.25, -0.2) is 0 Å². The number of carbonyl (C=O) groups excluding carboxylic acids is 1. The Bertz CT molecular complexity index is 524. The Morgan fingerprint density at radius 2 is 2.10 bits per heavy atom. The van der Waals surface area contributed by atoms with Crippen molar-refractivity contribution in [3.05, 3.63) is 28.7 Å². The zero-order valence-corrected chi connectivity index (χ0v) is 14.7. The molecule has 0 saturated heterocycles. The van der Waals surface area contributed by atoms with E-state index in [4.69, 9.17) is 5.73 Å². The standard InChI is InChI=1S/C17H25BrN2O/c1-16(2,3)14-9-4-5-10-17(14,15(19)21)20-13-8-6-7-12(18)11-13/h6-8,11,14,20H,4-5,9-10H2,1-3H3,(H2,19,21). The SMILES string of the molecule is CC(C)(C)C1CCCCC1(Nc1cccc(Br)c1)C(N)=O. The van der Waals surface area contributed by atoms with E-state index in [1.807, 2.05) is 24.3 Å². The van der Waals surface area contributed by atoms with Gasteiger partial charge < -0.3 is 11.1 Å². The summed E-state index contributed by atoms with van der Waals surface area (Å²) in [5, 5.41) is 3.49. The van der Waals surface area contributed by atoms with E-state index in [1.54, 1.807) is 0 Å². The minimum absolute atomic E-state index is 0.0362. The second-order valence-electron chi connectivity index (χ2n) is 7.14. The molecule has 1 aliphatic carbocycles. The highest BCUT2D eigenvalue weighted by molar-refractivity contribution is 9.10. The van der Waals surface area contributed by atoms with Crippen molar-refractivity contribution in [1.82, 2.24) is 0 Å². The van der Waals surface area contributed by atoms with Gasteiger partial charge in [-0.15, -0.1) is 0 Å². The van der Waals surface area contributed by atoms with E-state index in [0.29, 0.717) is 0 Å². The van der Waals surface area contributed by atoms with Gasteiger partial charge in [-0.1, -0.05) is 55.6 Å². The van der Waals surface area contributed by atoms with Crippen LogP contribution in [0.15, 0.2) is 28.7 Å². The van der Waals surface area contributed by atoms with Gasteiger partial charge in [0.05, 0.1) is 0 Å². The second kappa shape index (κ2) is 5.99. The third kappa shape index (κ3) is 3.42. The summed E-state index contributed by atoms with van der Waals surface area (Å²) in [6, 6.07) is 7.93. The zero-order valence-electron chi connectivity index (χ0n) is 13.1. The van der Waals surface area contributed by atoms with Crippen LogP contribution in [-0.2, 0) is 4.79 Å². The Labute approximate surface area is 135 Å². The van der Waals surface area contributed by atoms with Gasteiger partial charge in [0.1, 0.15) is 5.54 Å². The van der Waals surface area contributed by atoms with Crippen LogP contribution in [0.4, 0.5) is 5.69 Å². The van der Waals surface area contributed by atoms with Crippen molar-refractivity contribution in [3.8, 4) is 0 Å². The zero-order chi connectivity index (χ0) is 15.7. The van der Waals surface area contributed by atoms with Crippen LogP contribution in [0, 0.1) is 11.3 Å². The Hall–Kier alpha value is -1.03. The molecule has 0 radical (unpaired) electrons. The van der Waals surface area contributed by atoms with Crippen LogP contribution >= 0.6 is 15.9 Å². The van der Waals surface area contributed by atoms with E-state index >= 15 is 0 Å². The molecule has 3 N–H and O–H groups in total. The van der Waals surface area contributed by atoms with Crippen molar-refractivity contribution in [2.75, 3.05) is 5.32 Å². The van der Waals surface area contributed by atoms with Gasteiger partial charge in [0.25, 0.3) is 0 Å². The molecule has 0 bridgehead atoms. The van der Waals surface area contributed by atoms with Crippen molar-refractivity contribution in [2.45, 2.75) is 52.0 Å². The molecule has 116 valence electrons. The molecule has 4 heteroatoms. The molecule has 0 aromatic heterocycles. The predicted octanol–water partition coefficient (Wildman–Crippen LogP) is 4.32. The summed E-state index contributed by atoms with van der Waals surface area (Å²) in [6.45, 7) is 6.59. The fourth-order valence-electron chi connectivity index (χ4n) is 3.68. The molecule has 2 unspecified atom stereocenters. The number of hydrogen-bond donors (Lipinski definition) is 2. The van der Waals surface area contributed by atoms with Crippen LogP contribution in [0.5, 0.6) is 0 Å². The van der Waals surface area contributed by atoms with Crippen LogP contribution in [0.25, 0.3) is 0 Å². The number of halogens is 1. The van der Waals surface area contributed by atoms with Crippen LogP contribution in [0.1, 0.15) is 46.5 Å². The first-order chi connectivity index (χ1) is 9.75. The first-order valence-corrected chi connectivity index (χ1v) is 8.39. The molecule has 21 heavy (non-hydrogen) atoms. The average molecular weight is 353 g/mol. The molecule has 1 aromatic carbocycles. The van der Waals surface area contributed by atoms with Gasteiger partial charge in [-0.3, -0.25) is 4.79 Å². The molecule has 0 heterocycles. The summed E-state index contributed by atoms with van der Waals surface area (Å²) in [6.07, 6.45) is 4.04. The summed E-state index contributed by atoms with van der Waals surface area (Å²) >= 11 is 3.48. The van der Waals surface area contributed by atoms with Gasteiger partial charge in [-0.2, -0.15) is 0 Å². The number of primary amides is 1. The summed E-state index contributed by atoms with van der Waals surface area (Å²) in [7, 11) is 0. The largest absolute Gasteiger partial charge is 0.371 e. The highest BCUT2D eigenvalue weighted by Gasteiger charge is 2.50. The van der Waals surface area contributed by atoms with Crippen molar-refractivity contribution >= 4 is 27.5 Å². The molecule has 0 aliphatic heterocycles. The quantitative estimate of drug-likeness (QED) is 0.850. The Kier molecular flexibility index (Phi) is 4.66. The fraction of sp³-hybridized carbons (Fsp3) is 0.588. The average Bonchev–Trinajstić information content (AvgIpc) is 2.37. The molecule has 2 rings (SSSR count). The summed E-state index contributed by atoms with van der Waals surface area (Å²) < 4.78 is 0.996. The Balaban J connectivity index is 2.40. The van der Waals surface area contributed by atoms with Gasteiger partial charge in [0.15, 0.2) is 0 Å². The van der Waals surface area contributed by atoms with E-state index in [2.05, 4.69) is 42.0 Å². The maximum absolute atomic E-state index is 12.4. The minimum atomic E-state index is -0.655. The third-order valence-electron chi connectivity index (χ3n) is 4.59. The van der Waals surface area contributed by atoms with E-state index in [9.17, 15) is 4.79 Å². The first-order valence-electron chi connectivity index (χ1n) is 7.59. The summed E-state index contributed by atoms with van der Waals surface area (Å²) in [5.41, 5.74) is 6.19. The van der Waals surface area contributed by atoms with Gasteiger partial charge in [0.2, 0.25) is 5.91 Å². The van der Waals surface area contributed by atoms with Gasteiger partial charge >= 0.3 is 0 Å². The number of amides is 1. The normalized spacial score (nSPS) is 26.4. The molecule has 1 aromatic rings. The molecule has 1 amide bonds. The maximum atomic E-state index is 12.4. The van der Waals surface area contributed by atoms with Crippen LogP contribution < -0.4 is 11.1 Å². The van der Waals surface area contributed by atoms with Gasteiger partial charge in [0, 0.05) is 10.2 Å². The van der Waals surface area contributed by atoms with Gasteiger partial charge in [-0.05, 0) is 42.4 Å². The molecular weight excluding hydrogens is 328 g/mol. The van der Waals surface area contributed by atoms with Crippen molar-refractivity contribution < 1.29 is 4.79 Å². The molecule has 3 nitrogen and oxygen atoms in total. The van der Waals surface area contributed by atoms with Crippen molar-refractivity contribution in [3.63, 3.8) is 0 Å². The van der Waals surface area contributed by atoms with E-state index in [1.165, 1.54) is 0 Å². The number of anilines is 1. The van der Waals surface area contributed by atoms with Crippen LogP contribution in [0.2, 0.25) is 0 Å². The summed E-state index contributed by atoms with van der Waals surface area (Å²) in [5.74, 6) is -0.00247. The lowest BCUT2D eigenvalue weighted by Gasteiger charge is -2.49. The van der Waals surface area contributed by atoms with E-state index < -0.39 is 5.54 Å². The number of hydrogen-bond acceptors (Lipinski definition) is 2. The first kappa shape index (κ1) is 16.3. The number of nitrogens with two attached hydrogens (primary N) is 1. The number of benzene rings is 1. The number of rotatable bonds is 3. The van der Waals surface area contributed by atoms with Crippen LogP contribution in [-0.4, -0.2) is 11.4 Å². The molecule has 2 atom stereocenters. The minimum Gasteiger partial charge on any atom is -0.371 e. The lowest BCUT2D eigenvalue weighted by atomic mass is 9.61. The highest BCUT2D eigenvalue weighted by Crippen LogP contribution is 2.46. The fourth-order valence-corrected chi connectivity index (χ4v) is 4.07. The third-order valence-corrected chi connectivity index (χ3v) is 5.08. The van der Waals surface area contributed by atoms with Crippen molar-refractivity contribution in [1.29, 1.82) is 0 Å². The monoisotopic (exact) mass is 352 g/mol. The molecular formula is C17H25BrN2O. The topological polar surface area (TPSA) is 55.1 Å². The van der Waals surface area contributed by atoms with E-state index in [0.717, 1.165) is 35.8 Å². The van der Waals surface area contributed by atoms with Crippen molar-refractivity contribution in [2.24, 2.45) is 17.1 Å². The Morgan fingerprint density at radius 3 is 2.67 bits per heavy atom. The van der Waals surface area contributed by atoms with Crippen LogP contribution in [0.3, 0.4) is 0 Å². The van der Waals surface area contributed by atoms with E-state index in [-0.39, 0.29) is 17.2 Å². The second-order valence-corrected chi connectivity index (χ2v) is 8.05. The number of carbonyl (C=O) groups is 1. The maximum Gasteiger partial charge on any atom is 0.243 e. The predicted molar refractivity (Wildman–Crippen MR) is 91.1 cm³/mol. The molecule has 1 saturated carbocycles. The highest BCUT2D eigenvalue weighted by atomic mass is 79.9. The lowest BCUT2D eigenvalue weighted by Crippen LogP contribution is -2.60. The smallest absolute Gasteiger partial charge is 0.243 e. The summed E-state index contributed by atoms with van der Waals surface area (Å²) in [4.78, 5) is 12.4. The molecule has 0 spiro atoms. The molecule has 1 aliphatic rings.